The average molecular weight is 472 g/mol. The molecule has 7 nitrogen and oxygen atoms in total. The van der Waals surface area contributed by atoms with E-state index in [-0.39, 0.29) is 11.7 Å². The van der Waals surface area contributed by atoms with Crippen LogP contribution in [0.5, 0.6) is 5.75 Å². The first kappa shape index (κ1) is 21.4. The minimum absolute atomic E-state index is 0.164. The summed E-state index contributed by atoms with van der Waals surface area (Å²) in [5.74, 6) is 1.37. The van der Waals surface area contributed by atoms with E-state index < -0.39 is 0 Å². The van der Waals surface area contributed by atoms with Crippen molar-refractivity contribution in [1.29, 1.82) is 0 Å². The van der Waals surface area contributed by atoms with E-state index in [1.54, 1.807) is 11.6 Å². The van der Waals surface area contributed by atoms with E-state index in [0.29, 0.717) is 27.7 Å². The van der Waals surface area contributed by atoms with Crippen molar-refractivity contribution >= 4 is 45.7 Å². The molecule has 2 aromatic heterocycles. The number of nitrogens with zero attached hydrogens (tertiary/aromatic N) is 4. The molecule has 0 aliphatic heterocycles. The maximum absolute atomic E-state index is 12.3. The highest BCUT2D eigenvalue weighted by Gasteiger charge is 2.19. The van der Waals surface area contributed by atoms with E-state index in [2.05, 4.69) is 20.5 Å². The van der Waals surface area contributed by atoms with E-state index in [9.17, 15) is 4.79 Å². The second kappa shape index (κ2) is 9.95. The monoisotopic (exact) mass is 471 g/mol. The zero-order valence-electron chi connectivity index (χ0n) is 16.5. The molecule has 31 heavy (non-hydrogen) atoms. The Morgan fingerprint density at radius 2 is 2.00 bits per heavy atom. The smallest absolute Gasteiger partial charge is 0.236 e. The molecule has 4 rings (SSSR count). The van der Waals surface area contributed by atoms with Crippen LogP contribution in [0.4, 0.5) is 5.13 Å². The van der Waals surface area contributed by atoms with Crippen molar-refractivity contribution in [3.8, 4) is 22.8 Å². The predicted molar refractivity (Wildman–Crippen MR) is 124 cm³/mol. The lowest BCUT2D eigenvalue weighted by molar-refractivity contribution is -0.113. The molecule has 0 saturated carbocycles. The van der Waals surface area contributed by atoms with Crippen LogP contribution in [0.25, 0.3) is 17.1 Å². The maximum atomic E-state index is 12.3. The number of benzene rings is 2. The van der Waals surface area contributed by atoms with Gasteiger partial charge in [-0.05, 0) is 43.3 Å². The molecular weight excluding hydrogens is 454 g/mol. The number of nitrogens with one attached hydrogen (secondary N) is 1. The predicted octanol–water partition coefficient (Wildman–Crippen LogP) is 5.17. The normalized spacial score (nSPS) is 10.8. The number of aromatic nitrogens is 4. The van der Waals surface area contributed by atoms with Gasteiger partial charge in [-0.15, -0.1) is 21.5 Å². The van der Waals surface area contributed by atoms with E-state index >= 15 is 0 Å². The lowest BCUT2D eigenvalue weighted by Gasteiger charge is -2.12. The molecule has 0 fully saturated rings. The summed E-state index contributed by atoms with van der Waals surface area (Å²) in [6.07, 6.45) is 1.64. The quantitative estimate of drug-likeness (QED) is 0.357. The Morgan fingerprint density at radius 1 is 1.19 bits per heavy atom. The summed E-state index contributed by atoms with van der Waals surface area (Å²) >= 11 is 9.08. The third-order valence-corrected chi connectivity index (χ3v) is 6.11. The van der Waals surface area contributed by atoms with Gasteiger partial charge in [0.1, 0.15) is 5.75 Å². The van der Waals surface area contributed by atoms with Crippen LogP contribution in [-0.2, 0) is 4.79 Å². The fourth-order valence-corrected chi connectivity index (χ4v) is 4.36. The highest BCUT2D eigenvalue weighted by atomic mass is 35.5. The summed E-state index contributed by atoms with van der Waals surface area (Å²) in [7, 11) is 0. The summed E-state index contributed by atoms with van der Waals surface area (Å²) < 4.78 is 7.43. The number of halogens is 1. The van der Waals surface area contributed by atoms with E-state index in [4.69, 9.17) is 16.3 Å². The molecule has 0 atom stereocenters. The molecule has 1 amide bonds. The number of carbonyl (C=O) groups is 1. The molecule has 0 saturated heterocycles. The standard InChI is InChI=1S/C21H18ClN5O2S2/c1-2-29-15-9-7-14(8-10-15)27-19(16-5-3-4-6-17(16)22)25-26-21(27)31-13-18(28)24-20-23-11-12-30-20/h3-12H,2,13H2,1H3,(H,23,24,28). The number of hydrogen-bond donors (Lipinski definition) is 1. The number of thioether (sulfide) groups is 1. The van der Waals surface area contributed by atoms with Crippen LogP contribution in [0, 0.1) is 0 Å². The molecule has 0 aliphatic carbocycles. The van der Waals surface area contributed by atoms with Crippen molar-refractivity contribution in [2.24, 2.45) is 0 Å². The number of thiazole rings is 1. The highest BCUT2D eigenvalue weighted by molar-refractivity contribution is 7.99. The molecule has 0 aliphatic rings. The number of ether oxygens (including phenoxy) is 1. The van der Waals surface area contributed by atoms with E-state index in [1.165, 1.54) is 23.1 Å². The van der Waals surface area contributed by atoms with Gasteiger partial charge in [0, 0.05) is 22.8 Å². The topological polar surface area (TPSA) is 81.9 Å². The first-order valence-corrected chi connectivity index (χ1v) is 11.7. The van der Waals surface area contributed by atoms with Crippen LogP contribution in [0.1, 0.15) is 6.92 Å². The molecule has 2 aromatic carbocycles. The first-order chi connectivity index (χ1) is 15.2. The van der Waals surface area contributed by atoms with Gasteiger partial charge in [0.05, 0.1) is 17.4 Å². The highest BCUT2D eigenvalue weighted by Crippen LogP contribution is 2.32. The van der Waals surface area contributed by atoms with Gasteiger partial charge in [-0.3, -0.25) is 9.36 Å². The lowest BCUT2D eigenvalue weighted by atomic mass is 10.2. The largest absolute Gasteiger partial charge is 0.494 e. The first-order valence-electron chi connectivity index (χ1n) is 9.41. The van der Waals surface area contributed by atoms with Crippen LogP contribution in [0.3, 0.4) is 0 Å². The molecule has 1 N–H and O–H groups in total. The van der Waals surface area contributed by atoms with Crippen molar-refractivity contribution in [1.82, 2.24) is 19.7 Å². The lowest BCUT2D eigenvalue weighted by Crippen LogP contribution is -2.14. The summed E-state index contributed by atoms with van der Waals surface area (Å²) in [4.78, 5) is 16.4. The van der Waals surface area contributed by atoms with Crippen molar-refractivity contribution in [2.75, 3.05) is 17.7 Å². The minimum atomic E-state index is -0.166. The Labute approximate surface area is 192 Å². The summed E-state index contributed by atoms with van der Waals surface area (Å²) in [5, 5.41) is 15.0. The number of hydrogen-bond acceptors (Lipinski definition) is 7. The van der Waals surface area contributed by atoms with Crippen LogP contribution in [0.2, 0.25) is 5.02 Å². The molecular formula is C21H18ClN5O2S2. The third kappa shape index (κ3) is 5.07. The van der Waals surface area contributed by atoms with Crippen LogP contribution in [-0.4, -0.2) is 38.0 Å². The maximum Gasteiger partial charge on any atom is 0.236 e. The molecule has 0 bridgehead atoms. The van der Waals surface area contributed by atoms with Gasteiger partial charge in [-0.2, -0.15) is 0 Å². The fraction of sp³-hybridized carbons (Fsp3) is 0.143. The number of rotatable bonds is 8. The Kier molecular flexibility index (Phi) is 6.86. The van der Waals surface area contributed by atoms with Gasteiger partial charge < -0.3 is 10.1 Å². The van der Waals surface area contributed by atoms with E-state index in [0.717, 1.165) is 17.0 Å². The van der Waals surface area contributed by atoms with Gasteiger partial charge in [-0.25, -0.2) is 4.98 Å². The van der Waals surface area contributed by atoms with Gasteiger partial charge in [-0.1, -0.05) is 35.5 Å². The molecule has 10 heteroatoms. The van der Waals surface area contributed by atoms with Crippen molar-refractivity contribution in [3.05, 3.63) is 65.1 Å². The second-order valence-corrected chi connectivity index (χ2v) is 8.47. The van der Waals surface area contributed by atoms with Crippen LogP contribution >= 0.6 is 34.7 Å². The van der Waals surface area contributed by atoms with Crippen LogP contribution < -0.4 is 10.1 Å². The Morgan fingerprint density at radius 3 is 2.71 bits per heavy atom. The molecule has 4 aromatic rings. The third-order valence-electron chi connectivity index (χ3n) is 4.17. The molecule has 158 valence electrons. The summed E-state index contributed by atoms with van der Waals surface area (Å²) in [5.41, 5.74) is 1.59. The SMILES string of the molecule is CCOc1ccc(-n2c(SCC(=O)Nc3nccs3)nnc2-c2ccccc2Cl)cc1. The summed E-state index contributed by atoms with van der Waals surface area (Å²) in [6, 6.07) is 15.1. The molecule has 0 spiro atoms. The molecule has 0 unspecified atom stereocenters. The van der Waals surface area contributed by atoms with Gasteiger partial charge >= 0.3 is 0 Å². The zero-order chi connectivity index (χ0) is 21.6. The Balaban J connectivity index is 1.65. The van der Waals surface area contributed by atoms with Gasteiger partial charge in [0.15, 0.2) is 16.1 Å². The molecule has 2 heterocycles. The number of anilines is 1. The fourth-order valence-electron chi connectivity index (χ4n) is 2.84. The summed E-state index contributed by atoms with van der Waals surface area (Å²) in [6.45, 7) is 2.53. The van der Waals surface area contributed by atoms with Crippen LogP contribution in [0.15, 0.2) is 65.3 Å². The van der Waals surface area contributed by atoms with Gasteiger partial charge in [0.2, 0.25) is 5.91 Å². The van der Waals surface area contributed by atoms with Crippen molar-refractivity contribution < 1.29 is 9.53 Å². The average Bonchev–Trinajstić information content (AvgIpc) is 3.43. The minimum Gasteiger partial charge on any atom is -0.494 e. The number of amides is 1. The van der Waals surface area contributed by atoms with Gasteiger partial charge in [0.25, 0.3) is 0 Å². The van der Waals surface area contributed by atoms with Crippen molar-refractivity contribution in [2.45, 2.75) is 12.1 Å². The van der Waals surface area contributed by atoms with E-state index in [1.807, 2.05) is 60.0 Å². The zero-order valence-corrected chi connectivity index (χ0v) is 18.9. The Hall–Kier alpha value is -2.88. The van der Waals surface area contributed by atoms with Crippen molar-refractivity contribution in [3.63, 3.8) is 0 Å². The number of carbonyl (C=O) groups excluding carboxylic acids is 1. The Bertz CT molecular complexity index is 1160. The second-order valence-electron chi connectivity index (χ2n) is 6.22. The molecule has 0 radical (unpaired) electrons.